The van der Waals surface area contributed by atoms with Gasteiger partial charge in [-0.1, -0.05) is 0 Å². The molecule has 0 unspecified atom stereocenters. The van der Waals surface area contributed by atoms with E-state index in [1.54, 1.807) is 42.9 Å². The smallest absolute Gasteiger partial charge is 0.243 e. The Bertz CT molecular complexity index is 638. The van der Waals surface area contributed by atoms with Crippen LogP contribution in [0.3, 0.4) is 0 Å². The normalized spacial score (nSPS) is 11.1. The third-order valence-electron chi connectivity index (χ3n) is 2.81. The predicted molar refractivity (Wildman–Crippen MR) is 90.1 cm³/mol. The van der Waals surface area contributed by atoms with Crippen molar-refractivity contribution in [1.82, 2.24) is 15.6 Å². The Balaban J connectivity index is 1.75. The number of aromatic nitrogens is 1. The third-order valence-corrected chi connectivity index (χ3v) is 3.81. The highest BCUT2D eigenvalue weighted by atomic mass is 32.1. The van der Waals surface area contributed by atoms with Crippen LogP contribution in [0.15, 0.2) is 41.7 Å². The minimum absolute atomic E-state index is 0.137. The summed E-state index contributed by atoms with van der Waals surface area (Å²) in [5, 5.41) is 8.91. The van der Waals surface area contributed by atoms with Crippen LogP contribution in [0.2, 0.25) is 0 Å². The first-order valence-electron chi connectivity index (χ1n) is 6.87. The summed E-state index contributed by atoms with van der Waals surface area (Å²) in [6.45, 7) is 2.89. The molecule has 0 fully saturated rings. The highest BCUT2D eigenvalue weighted by Gasteiger charge is 2.05. The molecule has 0 aliphatic carbocycles. The van der Waals surface area contributed by atoms with E-state index < -0.39 is 0 Å². The molecule has 0 bridgehead atoms. The van der Waals surface area contributed by atoms with Crippen molar-refractivity contribution in [3.05, 3.63) is 46.4 Å². The van der Waals surface area contributed by atoms with Crippen LogP contribution in [0, 0.1) is 6.92 Å². The van der Waals surface area contributed by atoms with Crippen molar-refractivity contribution in [3.63, 3.8) is 0 Å². The molecule has 6 nitrogen and oxygen atoms in total. The molecule has 116 valence electrons. The number of aliphatic imine (C=N–C) groups is 1. The molecule has 0 saturated heterocycles. The number of carbonyl (C=O) groups excluding carboxylic acids is 1. The largest absolute Gasteiger partial charge is 0.352 e. The van der Waals surface area contributed by atoms with Crippen LogP contribution in [0.5, 0.6) is 0 Å². The van der Waals surface area contributed by atoms with Crippen molar-refractivity contribution >= 4 is 28.9 Å². The standard InChI is InChI=1S/C15H19N5OS/c1-11-5-6-13(22-11)9-18-15(16-2)19-10-14(21)20-12-4-3-7-17-8-12/h3-8H,9-10H2,1-2H3,(H,20,21)(H2,16,18,19). The van der Waals surface area contributed by atoms with E-state index in [0.29, 0.717) is 18.2 Å². The minimum Gasteiger partial charge on any atom is -0.352 e. The SMILES string of the molecule is CN=C(NCC(=O)Nc1cccnc1)NCc1ccc(C)s1. The lowest BCUT2D eigenvalue weighted by Crippen LogP contribution is -2.40. The van der Waals surface area contributed by atoms with E-state index in [2.05, 4.69) is 45.0 Å². The van der Waals surface area contributed by atoms with Gasteiger partial charge in [-0.3, -0.25) is 14.8 Å². The molecule has 0 saturated carbocycles. The zero-order valence-corrected chi connectivity index (χ0v) is 13.4. The maximum absolute atomic E-state index is 11.8. The van der Waals surface area contributed by atoms with Gasteiger partial charge in [0, 0.05) is 23.0 Å². The predicted octanol–water partition coefficient (Wildman–Crippen LogP) is 1.76. The van der Waals surface area contributed by atoms with Crippen LogP contribution in [-0.4, -0.2) is 30.4 Å². The summed E-state index contributed by atoms with van der Waals surface area (Å²) in [4.78, 5) is 22.4. The van der Waals surface area contributed by atoms with E-state index >= 15 is 0 Å². The Morgan fingerprint density at radius 1 is 1.32 bits per heavy atom. The summed E-state index contributed by atoms with van der Waals surface area (Å²) < 4.78 is 0. The molecule has 2 aromatic heterocycles. The number of thiophene rings is 1. The molecule has 2 heterocycles. The van der Waals surface area contributed by atoms with Crippen LogP contribution in [0.25, 0.3) is 0 Å². The summed E-state index contributed by atoms with van der Waals surface area (Å²) in [7, 11) is 1.67. The summed E-state index contributed by atoms with van der Waals surface area (Å²) in [6, 6.07) is 7.72. The van der Waals surface area contributed by atoms with Gasteiger partial charge in [-0.25, -0.2) is 0 Å². The van der Waals surface area contributed by atoms with Crippen LogP contribution in [0.1, 0.15) is 9.75 Å². The van der Waals surface area contributed by atoms with E-state index in [4.69, 9.17) is 0 Å². The molecular formula is C15H19N5OS. The Morgan fingerprint density at radius 3 is 2.82 bits per heavy atom. The van der Waals surface area contributed by atoms with Crippen molar-refractivity contribution in [2.45, 2.75) is 13.5 Å². The lowest BCUT2D eigenvalue weighted by Gasteiger charge is -2.11. The molecule has 0 spiro atoms. The molecule has 3 N–H and O–H groups in total. The van der Waals surface area contributed by atoms with Gasteiger partial charge in [0.15, 0.2) is 5.96 Å². The van der Waals surface area contributed by atoms with Crippen molar-refractivity contribution in [2.75, 3.05) is 18.9 Å². The monoisotopic (exact) mass is 317 g/mol. The summed E-state index contributed by atoms with van der Waals surface area (Å²) >= 11 is 1.73. The molecule has 0 aromatic carbocycles. The topological polar surface area (TPSA) is 78.4 Å². The lowest BCUT2D eigenvalue weighted by atomic mass is 10.4. The molecule has 2 rings (SSSR count). The number of rotatable bonds is 5. The van der Waals surface area contributed by atoms with Crippen LogP contribution in [-0.2, 0) is 11.3 Å². The first kappa shape index (κ1) is 16.0. The van der Waals surface area contributed by atoms with Gasteiger partial charge >= 0.3 is 0 Å². The Kier molecular flexibility index (Phi) is 5.91. The number of hydrogen-bond acceptors (Lipinski definition) is 4. The molecule has 0 aliphatic rings. The number of aryl methyl sites for hydroxylation is 1. The van der Waals surface area contributed by atoms with Gasteiger partial charge in [0.2, 0.25) is 5.91 Å². The quantitative estimate of drug-likeness (QED) is 0.580. The van der Waals surface area contributed by atoms with Gasteiger partial charge in [-0.15, -0.1) is 11.3 Å². The zero-order valence-electron chi connectivity index (χ0n) is 12.6. The van der Waals surface area contributed by atoms with Crippen LogP contribution < -0.4 is 16.0 Å². The highest BCUT2D eigenvalue weighted by Crippen LogP contribution is 2.14. The maximum Gasteiger partial charge on any atom is 0.243 e. The first-order valence-corrected chi connectivity index (χ1v) is 7.69. The number of guanidine groups is 1. The van der Waals surface area contributed by atoms with Gasteiger partial charge < -0.3 is 16.0 Å². The molecule has 2 aromatic rings. The Labute approximate surface area is 133 Å². The molecule has 0 radical (unpaired) electrons. The van der Waals surface area contributed by atoms with E-state index in [-0.39, 0.29) is 12.5 Å². The number of pyridine rings is 1. The highest BCUT2D eigenvalue weighted by molar-refractivity contribution is 7.11. The van der Waals surface area contributed by atoms with Gasteiger partial charge in [-0.2, -0.15) is 0 Å². The maximum atomic E-state index is 11.8. The second-order valence-electron chi connectivity index (χ2n) is 4.58. The second-order valence-corrected chi connectivity index (χ2v) is 5.95. The van der Waals surface area contributed by atoms with Crippen molar-refractivity contribution < 1.29 is 4.79 Å². The van der Waals surface area contributed by atoms with Gasteiger partial charge in [0.25, 0.3) is 0 Å². The van der Waals surface area contributed by atoms with Crippen LogP contribution >= 0.6 is 11.3 Å². The lowest BCUT2D eigenvalue weighted by molar-refractivity contribution is -0.115. The number of anilines is 1. The minimum atomic E-state index is -0.150. The van der Waals surface area contributed by atoms with E-state index in [0.717, 1.165) is 0 Å². The molecule has 0 atom stereocenters. The van der Waals surface area contributed by atoms with Gasteiger partial charge in [-0.05, 0) is 31.2 Å². The number of nitrogens with one attached hydrogen (secondary N) is 3. The molecular weight excluding hydrogens is 298 g/mol. The van der Waals surface area contributed by atoms with Crippen molar-refractivity contribution in [2.24, 2.45) is 4.99 Å². The zero-order chi connectivity index (χ0) is 15.8. The summed E-state index contributed by atoms with van der Waals surface area (Å²) in [5.41, 5.74) is 0.673. The molecule has 1 amide bonds. The summed E-state index contributed by atoms with van der Waals surface area (Å²) in [5.74, 6) is 0.440. The van der Waals surface area contributed by atoms with Crippen molar-refractivity contribution in [3.8, 4) is 0 Å². The van der Waals surface area contributed by atoms with Gasteiger partial charge in [0.05, 0.1) is 25.0 Å². The number of hydrogen-bond donors (Lipinski definition) is 3. The van der Waals surface area contributed by atoms with Gasteiger partial charge in [0.1, 0.15) is 0 Å². The van der Waals surface area contributed by atoms with E-state index in [9.17, 15) is 4.79 Å². The fourth-order valence-electron chi connectivity index (χ4n) is 1.78. The van der Waals surface area contributed by atoms with Crippen molar-refractivity contribution in [1.29, 1.82) is 0 Å². The average molecular weight is 317 g/mol. The molecule has 7 heteroatoms. The fourth-order valence-corrected chi connectivity index (χ4v) is 2.61. The first-order chi connectivity index (χ1) is 10.7. The molecule has 0 aliphatic heterocycles. The van der Waals surface area contributed by atoms with E-state index in [1.165, 1.54) is 9.75 Å². The number of amides is 1. The number of carbonyl (C=O) groups is 1. The van der Waals surface area contributed by atoms with E-state index in [1.807, 2.05) is 0 Å². The molecule has 22 heavy (non-hydrogen) atoms. The second kappa shape index (κ2) is 8.14. The average Bonchev–Trinajstić information content (AvgIpc) is 2.94. The Hall–Kier alpha value is -2.41. The third kappa shape index (κ3) is 5.17. The fraction of sp³-hybridized carbons (Fsp3) is 0.267. The van der Waals surface area contributed by atoms with Crippen LogP contribution in [0.4, 0.5) is 5.69 Å². The number of nitrogens with zero attached hydrogens (tertiary/aromatic N) is 2. The Morgan fingerprint density at radius 2 is 2.18 bits per heavy atom. The summed E-state index contributed by atoms with van der Waals surface area (Å²) in [6.07, 6.45) is 3.26.